The maximum absolute atomic E-state index is 4.65. The third-order valence-electron chi connectivity index (χ3n) is 2.33. The highest BCUT2D eigenvalue weighted by atomic mass is 32.2. The SMILES string of the molecule is CCNc1cc(C(C)(C)C)nc(CSCC)n1. The van der Waals surface area contributed by atoms with Gasteiger partial charge in [-0.2, -0.15) is 11.8 Å². The van der Waals surface area contributed by atoms with E-state index in [1.54, 1.807) is 0 Å². The number of hydrogen-bond donors (Lipinski definition) is 1. The van der Waals surface area contributed by atoms with Crippen molar-refractivity contribution in [1.82, 2.24) is 9.97 Å². The monoisotopic (exact) mass is 253 g/mol. The normalized spacial score (nSPS) is 11.6. The first kappa shape index (κ1) is 14.3. The lowest BCUT2D eigenvalue weighted by Crippen LogP contribution is -2.16. The molecule has 4 heteroatoms. The fourth-order valence-electron chi connectivity index (χ4n) is 1.41. The summed E-state index contributed by atoms with van der Waals surface area (Å²) in [4.78, 5) is 9.18. The van der Waals surface area contributed by atoms with Crippen LogP contribution in [0.15, 0.2) is 6.07 Å². The molecule has 0 aromatic carbocycles. The zero-order valence-electron chi connectivity index (χ0n) is 11.5. The molecular formula is C13H23N3S. The number of thioether (sulfide) groups is 1. The highest BCUT2D eigenvalue weighted by Crippen LogP contribution is 2.23. The van der Waals surface area contributed by atoms with Gasteiger partial charge >= 0.3 is 0 Å². The summed E-state index contributed by atoms with van der Waals surface area (Å²) >= 11 is 1.85. The third-order valence-corrected chi connectivity index (χ3v) is 3.20. The predicted octanol–water partition coefficient (Wildman–Crippen LogP) is 3.46. The van der Waals surface area contributed by atoms with Crippen molar-refractivity contribution in [3.8, 4) is 0 Å². The molecule has 1 N–H and O–H groups in total. The quantitative estimate of drug-likeness (QED) is 0.872. The molecule has 1 aromatic rings. The zero-order chi connectivity index (χ0) is 12.9. The maximum atomic E-state index is 4.65. The number of hydrogen-bond acceptors (Lipinski definition) is 4. The number of nitrogens with zero attached hydrogens (tertiary/aromatic N) is 2. The molecule has 0 spiro atoms. The van der Waals surface area contributed by atoms with E-state index in [1.807, 2.05) is 11.8 Å². The summed E-state index contributed by atoms with van der Waals surface area (Å²) in [5.74, 6) is 3.86. The number of anilines is 1. The first-order valence-electron chi connectivity index (χ1n) is 6.17. The molecule has 0 aliphatic heterocycles. The molecule has 96 valence electrons. The largest absolute Gasteiger partial charge is 0.370 e. The summed E-state index contributed by atoms with van der Waals surface area (Å²) in [6.45, 7) is 11.7. The molecule has 0 bridgehead atoms. The minimum absolute atomic E-state index is 0.0682. The van der Waals surface area contributed by atoms with Gasteiger partial charge in [0.25, 0.3) is 0 Å². The second-order valence-corrected chi connectivity index (χ2v) is 6.25. The van der Waals surface area contributed by atoms with Crippen LogP contribution in [0, 0.1) is 0 Å². The van der Waals surface area contributed by atoms with Crippen molar-refractivity contribution in [2.45, 2.75) is 45.8 Å². The van der Waals surface area contributed by atoms with E-state index in [4.69, 9.17) is 0 Å². The molecule has 0 radical (unpaired) electrons. The lowest BCUT2D eigenvalue weighted by atomic mass is 9.92. The van der Waals surface area contributed by atoms with E-state index in [0.29, 0.717) is 0 Å². The van der Waals surface area contributed by atoms with Crippen LogP contribution in [0.2, 0.25) is 0 Å². The molecule has 1 aromatic heterocycles. The van der Waals surface area contributed by atoms with Crippen molar-refractivity contribution in [3.05, 3.63) is 17.6 Å². The molecule has 0 saturated carbocycles. The summed E-state index contributed by atoms with van der Waals surface area (Å²) < 4.78 is 0. The summed E-state index contributed by atoms with van der Waals surface area (Å²) in [6, 6.07) is 2.06. The van der Waals surface area contributed by atoms with Crippen molar-refractivity contribution >= 4 is 17.6 Å². The fourth-order valence-corrected chi connectivity index (χ4v) is 1.93. The van der Waals surface area contributed by atoms with E-state index in [2.05, 4.69) is 56.0 Å². The Morgan fingerprint density at radius 1 is 1.24 bits per heavy atom. The first-order chi connectivity index (χ1) is 7.97. The van der Waals surface area contributed by atoms with E-state index in [-0.39, 0.29) is 5.41 Å². The summed E-state index contributed by atoms with van der Waals surface area (Å²) in [6.07, 6.45) is 0. The molecule has 0 unspecified atom stereocenters. The van der Waals surface area contributed by atoms with Gasteiger partial charge in [0.1, 0.15) is 11.6 Å². The molecule has 0 atom stereocenters. The molecule has 1 heterocycles. The van der Waals surface area contributed by atoms with Crippen molar-refractivity contribution < 1.29 is 0 Å². The minimum atomic E-state index is 0.0682. The molecule has 0 fully saturated rings. The van der Waals surface area contributed by atoms with Crippen LogP contribution < -0.4 is 5.32 Å². The molecule has 3 nitrogen and oxygen atoms in total. The number of aromatic nitrogens is 2. The van der Waals surface area contributed by atoms with E-state index in [9.17, 15) is 0 Å². The second-order valence-electron chi connectivity index (χ2n) is 4.97. The van der Waals surface area contributed by atoms with Crippen LogP contribution in [-0.2, 0) is 11.2 Å². The van der Waals surface area contributed by atoms with Crippen LogP contribution in [0.5, 0.6) is 0 Å². The van der Waals surface area contributed by atoms with E-state index in [1.165, 1.54) is 0 Å². The van der Waals surface area contributed by atoms with Crippen molar-refractivity contribution in [2.75, 3.05) is 17.6 Å². The lowest BCUT2D eigenvalue weighted by Gasteiger charge is -2.19. The summed E-state index contributed by atoms with van der Waals surface area (Å²) in [5.41, 5.74) is 1.17. The molecule has 17 heavy (non-hydrogen) atoms. The zero-order valence-corrected chi connectivity index (χ0v) is 12.3. The van der Waals surface area contributed by atoms with Crippen LogP contribution >= 0.6 is 11.8 Å². The summed E-state index contributed by atoms with van der Waals surface area (Å²) in [5, 5.41) is 3.28. The van der Waals surface area contributed by atoms with Gasteiger partial charge in [0.15, 0.2) is 0 Å². The summed E-state index contributed by atoms with van der Waals surface area (Å²) in [7, 11) is 0. The Morgan fingerprint density at radius 3 is 2.47 bits per heavy atom. The molecule has 0 aliphatic carbocycles. The average Bonchev–Trinajstić information content (AvgIpc) is 2.25. The van der Waals surface area contributed by atoms with Gasteiger partial charge in [-0.3, -0.25) is 0 Å². The predicted molar refractivity (Wildman–Crippen MR) is 76.7 cm³/mol. The van der Waals surface area contributed by atoms with Crippen molar-refractivity contribution in [2.24, 2.45) is 0 Å². The van der Waals surface area contributed by atoms with Crippen molar-refractivity contribution in [3.63, 3.8) is 0 Å². The first-order valence-corrected chi connectivity index (χ1v) is 7.33. The van der Waals surface area contributed by atoms with Gasteiger partial charge in [0.2, 0.25) is 0 Å². The average molecular weight is 253 g/mol. The minimum Gasteiger partial charge on any atom is -0.370 e. The lowest BCUT2D eigenvalue weighted by molar-refractivity contribution is 0.564. The maximum Gasteiger partial charge on any atom is 0.140 e. The molecule has 0 aliphatic rings. The Balaban J connectivity index is 3.01. The third kappa shape index (κ3) is 4.54. The van der Waals surface area contributed by atoms with Gasteiger partial charge in [-0.1, -0.05) is 27.7 Å². The highest BCUT2D eigenvalue weighted by molar-refractivity contribution is 7.98. The second kappa shape index (κ2) is 6.24. The van der Waals surface area contributed by atoms with E-state index in [0.717, 1.165) is 35.4 Å². The van der Waals surface area contributed by atoms with Crippen LogP contribution in [0.25, 0.3) is 0 Å². The highest BCUT2D eigenvalue weighted by Gasteiger charge is 2.17. The Bertz CT molecular complexity index is 358. The van der Waals surface area contributed by atoms with E-state index >= 15 is 0 Å². The Hall–Kier alpha value is -0.770. The molecule has 0 saturated heterocycles. The van der Waals surface area contributed by atoms with E-state index < -0.39 is 0 Å². The molecular weight excluding hydrogens is 230 g/mol. The number of nitrogens with one attached hydrogen (secondary N) is 1. The topological polar surface area (TPSA) is 37.8 Å². The van der Waals surface area contributed by atoms with Gasteiger partial charge < -0.3 is 5.32 Å². The standard InChI is InChI=1S/C13H23N3S/c1-6-14-11-8-10(13(3,4)5)15-12(16-11)9-17-7-2/h8H,6-7,9H2,1-5H3,(H,14,15,16). The number of rotatable bonds is 5. The van der Waals surface area contributed by atoms with Gasteiger partial charge in [0, 0.05) is 18.0 Å². The van der Waals surface area contributed by atoms with Crippen molar-refractivity contribution in [1.29, 1.82) is 0 Å². The Kier molecular flexibility index (Phi) is 5.25. The van der Waals surface area contributed by atoms with Crippen LogP contribution in [0.3, 0.4) is 0 Å². The fraction of sp³-hybridized carbons (Fsp3) is 0.692. The van der Waals surface area contributed by atoms with Gasteiger partial charge in [-0.15, -0.1) is 0 Å². The molecule has 1 rings (SSSR count). The van der Waals surface area contributed by atoms with Gasteiger partial charge in [0.05, 0.1) is 11.4 Å². The van der Waals surface area contributed by atoms with Gasteiger partial charge in [-0.05, 0) is 12.7 Å². The van der Waals surface area contributed by atoms with Crippen LogP contribution in [0.4, 0.5) is 5.82 Å². The smallest absolute Gasteiger partial charge is 0.140 e. The Morgan fingerprint density at radius 2 is 1.94 bits per heavy atom. The van der Waals surface area contributed by atoms with Gasteiger partial charge in [-0.25, -0.2) is 9.97 Å². The van der Waals surface area contributed by atoms with Crippen LogP contribution in [-0.4, -0.2) is 22.3 Å². The molecule has 0 amide bonds. The Labute approximate surface area is 109 Å². The van der Waals surface area contributed by atoms with Crippen LogP contribution in [0.1, 0.15) is 46.1 Å².